The Bertz CT molecular complexity index is 1340. The summed E-state index contributed by atoms with van der Waals surface area (Å²) in [5.41, 5.74) is 2.48. The fourth-order valence-electron chi connectivity index (χ4n) is 4.09. The zero-order chi connectivity index (χ0) is 22.9. The molecule has 1 aliphatic rings. The van der Waals surface area contributed by atoms with Crippen molar-refractivity contribution in [2.45, 2.75) is 26.0 Å². The van der Waals surface area contributed by atoms with Gasteiger partial charge in [0.2, 0.25) is 0 Å². The number of fused-ring (bicyclic) bond motifs is 2. The van der Waals surface area contributed by atoms with Crippen molar-refractivity contribution < 1.29 is 9.53 Å². The molecule has 1 aromatic carbocycles. The Hall–Kier alpha value is -3.36. The summed E-state index contributed by atoms with van der Waals surface area (Å²) >= 11 is 6.52. The molecule has 3 aromatic heterocycles. The van der Waals surface area contributed by atoms with Gasteiger partial charge in [0.05, 0.1) is 35.0 Å². The van der Waals surface area contributed by atoms with Gasteiger partial charge in [-0.2, -0.15) is 0 Å². The maximum absolute atomic E-state index is 13.5. The Morgan fingerprint density at radius 2 is 2.12 bits per heavy atom. The summed E-state index contributed by atoms with van der Waals surface area (Å²) in [6, 6.07) is 11.0. The number of halogens is 1. The van der Waals surface area contributed by atoms with E-state index in [0.29, 0.717) is 52.8 Å². The van der Waals surface area contributed by atoms with Crippen LogP contribution in [0.4, 0.5) is 5.82 Å². The van der Waals surface area contributed by atoms with Gasteiger partial charge in [-0.3, -0.25) is 9.78 Å². The van der Waals surface area contributed by atoms with Crippen LogP contribution in [0.3, 0.4) is 0 Å². The number of pyridine rings is 2. The van der Waals surface area contributed by atoms with Gasteiger partial charge in [0, 0.05) is 24.7 Å². The molecule has 1 saturated heterocycles. The van der Waals surface area contributed by atoms with Gasteiger partial charge in [-0.25, -0.2) is 15.0 Å². The van der Waals surface area contributed by atoms with Crippen LogP contribution in [0.25, 0.3) is 21.8 Å². The fourth-order valence-corrected chi connectivity index (χ4v) is 4.37. The van der Waals surface area contributed by atoms with Gasteiger partial charge in [0.15, 0.2) is 5.82 Å². The van der Waals surface area contributed by atoms with Crippen molar-refractivity contribution in [1.82, 2.24) is 24.8 Å². The molecule has 1 N–H and O–H groups in total. The highest BCUT2D eigenvalue weighted by Crippen LogP contribution is 2.30. The van der Waals surface area contributed by atoms with Crippen molar-refractivity contribution in [3.63, 3.8) is 0 Å². The zero-order valence-electron chi connectivity index (χ0n) is 18.3. The molecule has 5 rings (SSSR count). The molecular formula is C24H23ClN6O2. The zero-order valence-corrected chi connectivity index (χ0v) is 19.1. The SMILES string of the molecule is CC1CN(C(=O)c2nc(C(C)Nc3ncnc4cccnc34)cc3cccc(Cl)c23)CCO1. The van der Waals surface area contributed by atoms with E-state index < -0.39 is 0 Å². The Kier molecular flexibility index (Phi) is 5.78. The van der Waals surface area contributed by atoms with Gasteiger partial charge in [-0.05, 0) is 43.5 Å². The summed E-state index contributed by atoms with van der Waals surface area (Å²) in [7, 11) is 0. The molecular weight excluding hydrogens is 440 g/mol. The lowest BCUT2D eigenvalue weighted by atomic mass is 10.0. The molecule has 1 amide bonds. The molecule has 0 bridgehead atoms. The van der Waals surface area contributed by atoms with Crippen LogP contribution in [0.15, 0.2) is 48.9 Å². The second kappa shape index (κ2) is 8.88. The first-order valence-corrected chi connectivity index (χ1v) is 11.2. The number of aromatic nitrogens is 4. The molecule has 0 spiro atoms. The summed E-state index contributed by atoms with van der Waals surface area (Å²) in [4.78, 5) is 33.1. The number of nitrogens with one attached hydrogen (secondary N) is 1. The monoisotopic (exact) mass is 462 g/mol. The lowest BCUT2D eigenvalue weighted by Crippen LogP contribution is -2.44. The number of rotatable bonds is 4. The van der Waals surface area contributed by atoms with Gasteiger partial charge in [-0.15, -0.1) is 0 Å². The van der Waals surface area contributed by atoms with E-state index in [-0.39, 0.29) is 18.1 Å². The van der Waals surface area contributed by atoms with E-state index in [1.165, 1.54) is 6.33 Å². The molecule has 0 aliphatic carbocycles. The lowest BCUT2D eigenvalue weighted by molar-refractivity contribution is -0.0125. The van der Waals surface area contributed by atoms with Gasteiger partial charge in [0.1, 0.15) is 17.5 Å². The van der Waals surface area contributed by atoms with Crippen molar-refractivity contribution in [2.75, 3.05) is 25.0 Å². The molecule has 0 radical (unpaired) electrons. The molecule has 33 heavy (non-hydrogen) atoms. The molecule has 0 saturated carbocycles. The number of carbonyl (C=O) groups excluding carboxylic acids is 1. The highest BCUT2D eigenvalue weighted by Gasteiger charge is 2.27. The van der Waals surface area contributed by atoms with Crippen LogP contribution in [0.5, 0.6) is 0 Å². The number of anilines is 1. The molecule has 2 unspecified atom stereocenters. The van der Waals surface area contributed by atoms with Gasteiger partial charge >= 0.3 is 0 Å². The van der Waals surface area contributed by atoms with Crippen LogP contribution in [0.2, 0.25) is 5.02 Å². The Labute approximate surface area is 196 Å². The third-order valence-electron chi connectivity index (χ3n) is 5.75. The average Bonchev–Trinajstić information content (AvgIpc) is 2.83. The van der Waals surface area contributed by atoms with Crippen molar-refractivity contribution >= 4 is 45.1 Å². The van der Waals surface area contributed by atoms with Crippen molar-refractivity contribution in [3.05, 3.63) is 65.3 Å². The molecule has 4 heterocycles. The first-order chi connectivity index (χ1) is 16.0. The standard InChI is InChI=1S/C24H23ClN6O2/c1-14-12-31(9-10-33-14)24(32)22-20-16(5-3-6-17(20)25)11-19(30-22)15(2)29-23-21-18(27-13-28-23)7-4-8-26-21/h3-8,11,13-15H,9-10,12H2,1-2H3,(H,27,28,29). The summed E-state index contributed by atoms with van der Waals surface area (Å²) < 4.78 is 5.60. The summed E-state index contributed by atoms with van der Waals surface area (Å²) in [5, 5.41) is 5.40. The third-order valence-corrected chi connectivity index (χ3v) is 6.06. The summed E-state index contributed by atoms with van der Waals surface area (Å²) in [5.74, 6) is 0.461. The maximum Gasteiger partial charge on any atom is 0.273 e. The number of carbonyl (C=O) groups is 1. The van der Waals surface area contributed by atoms with E-state index in [1.807, 2.05) is 44.2 Å². The number of nitrogens with zero attached hydrogens (tertiary/aromatic N) is 5. The van der Waals surface area contributed by atoms with Crippen LogP contribution >= 0.6 is 11.6 Å². The largest absolute Gasteiger partial charge is 0.375 e. The number of hydrogen-bond acceptors (Lipinski definition) is 7. The first kappa shape index (κ1) is 21.5. The molecule has 1 fully saturated rings. The predicted octanol–water partition coefficient (Wildman–Crippen LogP) is 4.26. The first-order valence-electron chi connectivity index (χ1n) is 10.8. The normalized spacial score (nSPS) is 17.3. The average molecular weight is 463 g/mol. The van der Waals surface area contributed by atoms with Crippen molar-refractivity contribution in [1.29, 1.82) is 0 Å². The Morgan fingerprint density at radius 1 is 1.24 bits per heavy atom. The second-order valence-electron chi connectivity index (χ2n) is 8.13. The number of morpholine rings is 1. The highest BCUT2D eigenvalue weighted by atomic mass is 35.5. The molecule has 1 aliphatic heterocycles. The van der Waals surface area contributed by atoms with Gasteiger partial charge < -0.3 is 15.0 Å². The summed E-state index contributed by atoms with van der Waals surface area (Å²) in [6.45, 7) is 5.47. The van der Waals surface area contributed by atoms with E-state index >= 15 is 0 Å². The van der Waals surface area contributed by atoms with Crippen LogP contribution in [-0.4, -0.2) is 56.5 Å². The van der Waals surface area contributed by atoms with Crippen molar-refractivity contribution in [2.24, 2.45) is 0 Å². The van der Waals surface area contributed by atoms with Gasteiger partial charge in [-0.1, -0.05) is 23.7 Å². The molecule has 2 atom stereocenters. The van der Waals surface area contributed by atoms with E-state index in [4.69, 9.17) is 21.3 Å². The minimum absolute atomic E-state index is 0.0215. The van der Waals surface area contributed by atoms with Crippen LogP contribution < -0.4 is 5.32 Å². The topological polar surface area (TPSA) is 93.1 Å². The number of amides is 1. The van der Waals surface area contributed by atoms with E-state index in [9.17, 15) is 4.79 Å². The maximum atomic E-state index is 13.5. The van der Waals surface area contributed by atoms with Crippen molar-refractivity contribution in [3.8, 4) is 0 Å². The lowest BCUT2D eigenvalue weighted by Gasteiger charge is -2.31. The van der Waals surface area contributed by atoms with Crippen LogP contribution in [0.1, 0.15) is 36.1 Å². The molecule has 9 heteroatoms. The molecule has 8 nitrogen and oxygen atoms in total. The smallest absolute Gasteiger partial charge is 0.273 e. The van der Waals surface area contributed by atoms with E-state index in [2.05, 4.69) is 20.3 Å². The molecule has 4 aromatic rings. The minimum atomic E-state index is -0.247. The highest BCUT2D eigenvalue weighted by molar-refractivity contribution is 6.36. The number of ether oxygens (including phenoxy) is 1. The van der Waals surface area contributed by atoms with E-state index in [0.717, 1.165) is 10.9 Å². The molecule has 168 valence electrons. The minimum Gasteiger partial charge on any atom is -0.375 e. The second-order valence-corrected chi connectivity index (χ2v) is 8.53. The quantitative estimate of drug-likeness (QED) is 0.484. The van der Waals surface area contributed by atoms with E-state index in [1.54, 1.807) is 17.2 Å². The van der Waals surface area contributed by atoms with Crippen LogP contribution in [0, 0.1) is 0 Å². The van der Waals surface area contributed by atoms with Gasteiger partial charge in [0.25, 0.3) is 5.91 Å². The van der Waals surface area contributed by atoms with Crippen LogP contribution in [-0.2, 0) is 4.74 Å². The third kappa shape index (κ3) is 4.19. The number of hydrogen-bond donors (Lipinski definition) is 1. The fraction of sp³-hybridized carbons (Fsp3) is 0.292. The number of benzene rings is 1. The Balaban J connectivity index is 1.55. The predicted molar refractivity (Wildman–Crippen MR) is 127 cm³/mol. The Morgan fingerprint density at radius 3 is 2.97 bits per heavy atom. The summed E-state index contributed by atoms with van der Waals surface area (Å²) in [6.07, 6.45) is 3.19.